The fourth-order valence-electron chi connectivity index (χ4n) is 1.91. The summed E-state index contributed by atoms with van der Waals surface area (Å²) in [6, 6.07) is 8.94. The highest BCUT2D eigenvalue weighted by Crippen LogP contribution is 2.20. The molecule has 0 aliphatic heterocycles. The van der Waals surface area contributed by atoms with Gasteiger partial charge >= 0.3 is 0 Å². The van der Waals surface area contributed by atoms with Gasteiger partial charge in [0.05, 0.1) is 0 Å². The Kier molecular flexibility index (Phi) is 4.75. The van der Waals surface area contributed by atoms with Crippen molar-refractivity contribution in [1.29, 1.82) is 0 Å². The second-order valence-electron chi connectivity index (χ2n) is 4.21. The molecular weight excluding hydrogens is 269 g/mol. The molecule has 1 aromatic heterocycles. The first kappa shape index (κ1) is 13.5. The van der Waals surface area contributed by atoms with Crippen LogP contribution in [0.25, 0.3) is 0 Å². The van der Waals surface area contributed by atoms with Gasteiger partial charge in [-0.15, -0.1) is 11.3 Å². The molecule has 1 heterocycles. The molecular formula is C14H15ClFNS. The Morgan fingerprint density at radius 2 is 2.17 bits per heavy atom. The highest BCUT2D eigenvalue weighted by Gasteiger charge is 2.12. The van der Waals surface area contributed by atoms with Gasteiger partial charge in [0, 0.05) is 15.9 Å². The van der Waals surface area contributed by atoms with E-state index in [-0.39, 0.29) is 11.9 Å². The van der Waals surface area contributed by atoms with Gasteiger partial charge in [0.1, 0.15) is 5.82 Å². The third-order valence-corrected chi connectivity index (χ3v) is 4.18. The maximum absolute atomic E-state index is 13.2. The summed E-state index contributed by atoms with van der Waals surface area (Å²) in [6.07, 6.45) is 1.66. The summed E-state index contributed by atoms with van der Waals surface area (Å²) in [5, 5.41) is 5.96. The zero-order valence-corrected chi connectivity index (χ0v) is 11.7. The van der Waals surface area contributed by atoms with Crippen LogP contribution in [-0.4, -0.2) is 13.1 Å². The van der Waals surface area contributed by atoms with Crippen molar-refractivity contribution in [1.82, 2.24) is 5.32 Å². The smallest absolute Gasteiger partial charge is 0.123 e. The van der Waals surface area contributed by atoms with Crippen LogP contribution in [0.2, 0.25) is 5.02 Å². The average Bonchev–Trinajstić information content (AvgIpc) is 2.85. The number of hydrogen-bond donors (Lipinski definition) is 1. The first-order valence-electron chi connectivity index (χ1n) is 5.82. The predicted octanol–water partition coefficient (Wildman–Crippen LogP) is 3.91. The summed E-state index contributed by atoms with van der Waals surface area (Å²) in [5.41, 5.74) is 0.854. The first-order chi connectivity index (χ1) is 8.69. The molecule has 1 nitrogen and oxygen atoms in total. The molecule has 0 bridgehead atoms. The largest absolute Gasteiger partial charge is 0.316 e. The molecule has 96 valence electrons. The SMILES string of the molecule is CNC(Cc1cccs1)Cc1cc(F)ccc1Cl. The molecule has 0 spiro atoms. The predicted molar refractivity (Wildman–Crippen MR) is 76.0 cm³/mol. The summed E-state index contributed by atoms with van der Waals surface area (Å²) in [6.45, 7) is 0. The second-order valence-corrected chi connectivity index (χ2v) is 5.65. The maximum Gasteiger partial charge on any atom is 0.123 e. The Balaban J connectivity index is 2.07. The molecule has 0 saturated carbocycles. The van der Waals surface area contributed by atoms with Gasteiger partial charge in [0.2, 0.25) is 0 Å². The lowest BCUT2D eigenvalue weighted by Gasteiger charge is -2.16. The van der Waals surface area contributed by atoms with Crippen molar-refractivity contribution >= 4 is 22.9 Å². The molecule has 1 unspecified atom stereocenters. The Bertz CT molecular complexity index is 499. The zero-order chi connectivity index (χ0) is 13.0. The second kappa shape index (κ2) is 6.32. The normalized spacial score (nSPS) is 12.6. The van der Waals surface area contributed by atoms with Gasteiger partial charge in [-0.1, -0.05) is 17.7 Å². The quantitative estimate of drug-likeness (QED) is 0.877. The molecule has 2 aromatic rings. The number of hydrogen-bond acceptors (Lipinski definition) is 2. The number of rotatable bonds is 5. The monoisotopic (exact) mass is 283 g/mol. The van der Waals surface area contributed by atoms with E-state index in [9.17, 15) is 4.39 Å². The van der Waals surface area contributed by atoms with E-state index in [2.05, 4.69) is 16.8 Å². The van der Waals surface area contributed by atoms with Crippen LogP contribution in [0.1, 0.15) is 10.4 Å². The summed E-state index contributed by atoms with van der Waals surface area (Å²) in [5.74, 6) is -0.236. The molecule has 1 aromatic carbocycles. The lowest BCUT2D eigenvalue weighted by Crippen LogP contribution is -2.29. The van der Waals surface area contributed by atoms with E-state index in [1.807, 2.05) is 13.1 Å². The minimum Gasteiger partial charge on any atom is -0.316 e. The number of nitrogens with one attached hydrogen (secondary N) is 1. The average molecular weight is 284 g/mol. The van der Waals surface area contributed by atoms with Gasteiger partial charge in [-0.2, -0.15) is 0 Å². The van der Waals surface area contributed by atoms with Crippen molar-refractivity contribution in [3.63, 3.8) is 0 Å². The Hall–Kier alpha value is -0.900. The summed E-state index contributed by atoms with van der Waals surface area (Å²) >= 11 is 7.82. The fourth-order valence-corrected chi connectivity index (χ4v) is 2.89. The van der Waals surface area contributed by atoms with Crippen molar-refractivity contribution in [2.45, 2.75) is 18.9 Å². The third-order valence-electron chi connectivity index (χ3n) is 2.91. The highest BCUT2D eigenvalue weighted by molar-refractivity contribution is 7.09. The van der Waals surface area contributed by atoms with Crippen LogP contribution in [0, 0.1) is 5.82 Å². The van der Waals surface area contributed by atoms with Crippen molar-refractivity contribution < 1.29 is 4.39 Å². The van der Waals surface area contributed by atoms with Crippen LogP contribution >= 0.6 is 22.9 Å². The van der Waals surface area contributed by atoms with Gasteiger partial charge in [0.25, 0.3) is 0 Å². The molecule has 0 amide bonds. The maximum atomic E-state index is 13.2. The van der Waals surface area contributed by atoms with E-state index in [1.165, 1.54) is 17.0 Å². The minimum absolute atomic E-state index is 0.236. The third kappa shape index (κ3) is 3.55. The van der Waals surface area contributed by atoms with Crippen molar-refractivity contribution in [3.05, 3.63) is 57.0 Å². The molecule has 4 heteroatoms. The van der Waals surface area contributed by atoms with Crippen molar-refractivity contribution in [3.8, 4) is 0 Å². The summed E-state index contributed by atoms with van der Waals surface area (Å²) in [4.78, 5) is 1.32. The van der Waals surface area contributed by atoms with E-state index in [1.54, 1.807) is 17.4 Å². The van der Waals surface area contributed by atoms with E-state index in [0.717, 1.165) is 18.4 Å². The molecule has 0 radical (unpaired) electrons. The van der Waals surface area contributed by atoms with Gasteiger partial charge in [-0.3, -0.25) is 0 Å². The van der Waals surface area contributed by atoms with Crippen molar-refractivity contribution in [2.24, 2.45) is 0 Å². The number of halogens is 2. The van der Waals surface area contributed by atoms with Gasteiger partial charge in [-0.25, -0.2) is 4.39 Å². The fraction of sp³-hybridized carbons (Fsp3) is 0.286. The molecule has 18 heavy (non-hydrogen) atoms. The van der Waals surface area contributed by atoms with Gasteiger partial charge in [0.15, 0.2) is 0 Å². The van der Waals surface area contributed by atoms with E-state index < -0.39 is 0 Å². The molecule has 0 saturated heterocycles. The summed E-state index contributed by atoms with van der Waals surface area (Å²) in [7, 11) is 1.92. The van der Waals surface area contributed by atoms with Crippen LogP contribution in [0.3, 0.4) is 0 Å². The standard InChI is InChI=1S/C14H15ClFNS/c1-17-12(9-13-3-2-6-18-13)8-10-7-11(16)4-5-14(10)15/h2-7,12,17H,8-9H2,1H3. The Morgan fingerprint density at radius 1 is 1.33 bits per heavy atom. The van der Waals surface area contributed by atoms with Gasteiger partial charge < -0.3 is 5.32 Å². The Morgan fingerprint density at radius 3 is 2.83 bits per heavy atom. The minimum atomic E-state index is -0.236. The van der Waals surface area contributed by atoms with Crippen LogP contribution in [-0.2, 0) is 12.8 Å². The Labute approximate surface area is 116 Å². The van der Waals surface area contributed by atoms with Crippen LogP contribution < -0.4 is 5.32 Å². The highest BCUT2D eigenvalue weighted by atomic mass is 35.5. The summed E-state index contributed by atoms with van der Waals surface area (Å²) < 4.78 is 13.2. The molecule has 2 rings (SSSR count). The zero-order valence-electron chi connectivity index (χ0n) is 10.1. The number of thiophene rings is 1. The molecule has 0 aliphatic rings. The molecule has 0 aliphatic carbocycles. The van der Waals surface area contributed by atoms with E-state index in [0.29, 0.717) is 5.02 Å². The van der Waals surface area contributed by atoms with E-state index in [4.69, 9.17) is 11.6 Å². The van der Waals surface area contributed by atoms with E-state index >= 15 is 0 Å². The van der Waals surface area contributed by atoms with Gasteiger partial charge in [-0.05, 0) is 55.1 Å². The topological polar surface area (TPSA) is 12.0 Å². The van der Waals surface area contributed by atoms with Crippen LogP contribution in [0.15, 0.2) is 35.7 Å². The van der Waals surface area contributed by atoms with Crippen LogP contribution in [0.4, 0.5) is 4.39 Å². The molecule has 1 atom stereocenters. The number of benzene rings is 1. The van der Waals surface area contributed by atoms with Crippen molar-refractivity contribution in [2.75, 3.05) is 7.05 Å². The van der Waals surface area contributed by atoms with Crippen LogP contribution in [0.5, 0.6) is 0 Å². The number of likely N-dealkylation sites (N-methyl/N-ethyl adjacent to an activating group) is 1. The molecule has 1 N–H and O–H groups in total. The lowest BCUT2D eigenvalue weighted by molar-refractivity contribution is 0.556. The molecule has 0 fully saturated rings. The lowest BCUT2D eigenvalue weighted by atomic mass is 10.0. The first-order valence-corrected chi connectivity index (χ1v) is 7.08.